The highest BCUT2D eigenvalue weighted by Crippen LogP contribution is 2.19. The number of aromatic nitrogens is 2. The third-order valence-corrected chi connectivity index (χ3v) is 3.25. The van der Waals surface area contributed by atoms with E-state index in [1.165, 1.54) is 6.33 Å². The molecule has 0 saturated carbocycles. The van der Waals surface area contributed by atoms with Gasteiger partial charge in [0, 0.05) is 19.6 Å². The van der Waals surface area contributed by atoms with Gasteiger partial charge in [-0.2, -0.15) is 0 Å². The highest BCUT2D eigenvalue weighted by atomic mass is 16.1. The molecule has 0 fully saturated rings. The van der Waals surface area contributed by atoms with Crippen LogP contribution in [0.5, 0.6) is 0 Å². The minimum atomic E-state index is -0.319. The lowest BCUT2D eigenvalue weighted by Crippen LogP contribution is -2.28. The molecule has 0 bridgehead atoms. The Labute approximate surface area is 117 Å². The van der Waals surface area contributed by atoms with E-state index in [0.29, 0.717) is 25.5 Å². The van der Waals surface area contributed by atoms with E-state index in [4.69, 9.17) is 11.5 Å². The molecule has 2 aromatic rings. The number of nitrogens with two attached hydrogens (primary N) is 2. The Hall–Kier alpha value is -2.34. The maximum atomic E-state index is 11.6. The van der Waals surface area contributed by atoms with Crippen molar-refractivity contribution in [1.29, 1.82) is 0 Å². The van der Waals surface area contributed by atoms with Gasteiger partial charge in [0.1, 0.15) is 5.69 Å². The van der Waals surface area contributed by atoms with Crippen LogP contribution in [0, 0.1) is 0 Å². The van der Waals surface area contributed by atoms with E-state index < -0.39 is 0 Å². The van der Waals surface area contributed by atoms with Crippen LogP contribution >= 0.6 is 0 Å². The summed E-state index contributed by atoms with van der Waals surface area (Å²) in [7, 11) is 0. The van der Waals surface area contributed by atoms with Crippen molar-refractivity contribution in [2.45, 2.75) is 20.0 Å². The quantitative estimate of drug-likeness (QED) is 0.749. The normalized spacial score (nSPS) is 10.5. The molecule has 0 amide bonds. The Morgan fingerprint density at radius 3 is 2.65 bits per heavy atom. The number of benzene rings is 1. The van der Waals surface area contributed by atoms with Crippen molar-refractivity contribution in [3.05, 3.63) is 52.1 Å². The molecule has 6 heteroatoms. The van der Waals surface area contributed by atoms with Gasteiger partial charge in [-0.05, 0) is 18.1 Å². The van der Waals surface area contributed by atoms with Crippen molar-refractivity contribution in [1.82, 2.24) is 9.97 Å². The van der Waals surface area contributed by atoms with Gasteiger partial charge in [0.15, 0.2) is 5.82 Å². The Kier molecular flexibility index (Phi) is 4.37. The van der Waals surface area contributed by atoms with Crippen LogP contribution in [0.25, 0.3) is 0 Å². The predicted molar refractivity (Wildman–Crippen MR) is 80.3 cm³/mol. The molecular formula is C14H19N5O. The first-order chi connectivity index (χ1) is 9.67. The number of hydrogen-bond donors (Lipinski definition) is 3. The standard InChI is InChI=1S/C14H19N5O/c1-2-19(13-12(16)14(20)18-9-17-13)8-11-6-4-3-5-10(11)7-15/h3-6,9H,2,7-8,15-16H2,1H3,(H,17,18,20). The van der Waals surface area contributed by atoms with Gasteiger partial charge in [0.05, 0.1) is 6.33 Å². The first-order valence-corrected chi connectivity index (χ1v) is 6.52. The summed E-state index contributed by atoms with van der Waals surface area (Å²) in [5, 5.41) is 0. The molecule has 0 aliphatic rings. The largest absolute Gasteiger partial charge is 0.391 e. The van der Waals surface area contributed by atoms with Crippen molar-refractivity contribution >= 4 is 11.5 Å². The van der Waals surface area contributed by atoms with Crippen molar-refractivity contribution in [3.63, 3.8) is 0 Å². The maximum absolute atomic E-state index is 11.6. The lowest BCUT2D eigenvalue weighted by molar-refractivity contribution is 0.800. The number of aromatic amines is 1. The Morgan fingerprint density at radius 2 is 2.00 bits per heavy atom. The third kappa shape index (κ3) is 2.80. The molecular weight excluding hydrogens is 254 g/mol. The van der Waals surface area contributed by atoms with Gasteiger partial charge in [-0.15, -0.1) is 0 Å². The molecule has 1 aromatic carbocycles. The van der Waals surface area contributed by atoms with Gasteiger partial charge in [-0.25, -0.2) is 4.98 Å². The van der Waals surface area contributed by atoms with E-state index in [1.807, 2.05) is 36.1 Å². The maximum Gasteiger partial charge on any atom is 0.276 e. The third-order valence-electron chi connectivity index (χ3n) is 3.25. The molecule has 20 heavy (non-hydrogen) atoms. The molecule has 6 nitrogen and oxygen atoms in total. The Morgan fingerprint density at radius 1 is 1.30 bits per heavy atom. The predicted octanol–water partition coefficient (Wildman–Crippen LogP) is 0.837. The van der Waals surface area contributed by atoms with Crippen LogP contribution in [0.3, 0.4) is 0 Å². The summed E-state index contributed by atoms with van der Waals surface area (Å²) in [5.74, 6) is 0.503. The van der Waals surface area contributed by atoms with Gasteiger partial charge < -0.3 is 21.4 Å². The zero-order valence-electron chi connectivity index (χ0n) is 11.5. The SMILES string of the molecule is CCN(Cc1ccccc1CN)c1nc[nH]c(=O)c1N. The number of rotatable bonds is 5. The molecule has 5 N–H and O–H groups in total. The molecule has 0 radical (unpaired) electrons. The second-order valence-electron chi connectivity index (χ2n) is 4.46. The van der Waals surface area contributed by atoms with Crippen LogP contribution in [0.2, 0.25) is 0 Å². The topological polar surface area (TPSA) is 101 Å². The van der Waals surface area contributed by atoms with E-state index in [1.54, 1.807) is 0 Å². The fraction of sp³-hybridized carbons (Fsp3) is 0.286. The van der Waals surface area contributed by atoms with Crippen LogP contribution < -0.4 is 21.9 Å². The number of anilines is 2. The molecule has 106 valence electrons. The zero-order valence-corrected chi connectivity index (χ0v) is 11.5. The zero-order chi connectivity index (χ0) is 14.5. The van der Waals surface area contributed by atoms with Crippen molar-refractivity contribution < 1.29 is 0 Å². The molecule has 1 heterocycles. The smallest absolute Gasteiger partial charge is 0.276 e. The number of nitrogens with zero attached hydrogens (tertiary/aromatic N) is 2. The van der Waals surface area contributed by atoms with Crippen molar-refractivity contribution in [2.24, 2.45) is 5.73 Å². The summed E-state index contributed by atoms with van der Waals surface area (Å²) < 4.78 is 0. The lowest BCUT2D eigenvalue weighted by Gasteiger charge is -2.24. The molecule has 0 aliphatic heterocycles. The summed E-state index contributed by atoms with van der Waals surface area (Å²) in [6.07, 6.45) is 1.37. The van der Waals surface area contributed by atoms with E-state index in [0.717, 1.165) is 11.1 Å². The van der Waals surface area contributed by atoms with E-state index >= 15 is 0 Å². The monoisotopic (exact) mass is 273 g/mol. The van der Waals surface area contributed by atoms with Crippen LogP contribution in [0.1, 0.15) is 18.1 Å². The van der Waals surface area contributed by atoms with Crippen LogP contribution in [0.15, 0.2) is 35.4 Å². The summed E-state index contributed by atoms with van der Waals surface area (Å²) in [6.45, 7) is 3.78. The second-order valence-corrected chi connectivity index (χ2v) is 4.46. The van der Waals surface area contributed by atoms with Gasteiger partial charge in [-0.3, -0.25) is 4.79 Å². The second kappa shape index (κ2) is 6.21. The van der Waals surface area contributed by atoms with Crippen molar-refractivity contribution in [2.75, 3.05) is 17.2 Å². The van der Waals surface area contributed by atoms with Gasteiger partial charge >= 0.3 is 0 Å². The van der Waals surface area contributed by atoms with Gasteiger partial charge in [0.25, 0.3) is 5.56 Å². The highest BCUT2D eigenvalue weighted by molar-refractivity contribution is 5.61. The average molecular weight is 273 g/mol. The Bertz CT molecular complexity index is 637. The number of nitrogen functional groups attached to an aromatic ring is 1. The van der Waals surface area contributed by atoms with Crippen LogP contribution in [-0.2, 0) is 13.1 Å². The molecule has 1 aromatic heterocycles. The summed E-state index contributed by atoms with van der Waals surface area (Å²) in [6, 6.07) is 7.95. The minimum absolute atomic E-state index is 0.138. The highest BCUT2D eigenvalue weighted by Gasteiger charge is 2.13. The molecule has 0 aliphatic carbocycles. The molecule has 0 spiro atoms. The van der Waals surface area contributed by atoms with Crippen LogP contribution in [0.4, 0.5) is 11.5 Å². The summed E-state index contributed by atoms with van der Waals surface area (Å²) >= 11 is 0. The first kappa shape index (κ1) is 14.1. The van der Waals surface area contributed by atoms with Crippen molar-refractivity contribution in [3.8, 4) is 0 Å². The average Bonchev–Trinajstić information content (AvgIpc) is 2.48. The van der Waals surface area contributed by atoms with Crippen LogP contribution in [-0.4, -0.2) is 16.5 Å². The number of nitrogens with one attached hydrogen (secondary N) is 1. The van der Waals surface area contributed by atoms with Gasteiger partial charge in [0.2, 0.25) is 0 Å². The number of hydrogen-bond acceptors (Lipinski definition) is 5. The lowest BCUT2D eigenvalue weighted by atomic mass is 10.1. The number of H-pyrrole nitrogens is 1. The van der Waals surface area contributed by atoms with E-state index in [2.05, 4.69) is 9.97 Å². The van der Waals surface area contributed by atoms with E-state index in [9.17, 15) is 4.79 Å². The summed E-state index contributed by atoms with van der Waals surface area (Å²) in [4.78, 5) is 20.2. The van der Waals surface area contributed by atoms with E-state index in [-0.39, 0.29) is 11.2 Å². The minimum Gasteiger partial charge on any atom is -0.391 e. The first-order valence-electron chi connectivity index (χ1n) is 6.52. The summed E-state index contributed by atoms with van der Waals surface area (Å²) in [5.41, 5.74) is 13.6. The molecule has 2 rings (SSSR count). The fourth-order valence-corrected chi connectivity index (χ4v) is 2.11. The Balaban J connectivity index is 2.34. The molecule has 0 saturated heterocycles. The molecule has 0 unspecified atom stereocenters. The van der Waals surface area contributed by atoms with Gasteiger partial charge in [-0.1, -0.05) is 24.3 Å². The molecule has 0 atom stereocenters. The fourth-order valence-electron chi connectivity index (χ4n) is 2.11.